The highest BCUT2D eigenvalue weighted by Gasteiger charge is 2.12. The van der Waals surface area contributed by atoms with Crippen LogP contribution in [-0.2, 0) is 0 Å². The highest BCUT2D eigenvalue weighted by atomic mass is 16.3. The van der Waals surface area contributed by atoms with E-state index in [1.165, 1.54) is 6.07 Å². The standard InChI is InChI=1S/C22H17NO4/c1-14-6-3-4-9-19(14)21(24)15(2)12-18-10-11-20(27-18)16-7-5-8-17(13-16)22(25)23-26/h3-13H,1-2H3/b15-12+. The van der Waals surface area contributed by atoms with Crippen molar-refractivity contribution in [2.45, 2.75) is 13.8 Å². The first kappa shape index (κ1) is 18.2. The summed E-state index contributed by atoms with van der Waals surface area (Å²) >= 11 is 0. The summed E-state index contributed by atoms with van der Waals surface area (Å²) < 4.78 is 5.78. The van der Waals surface area contributed by atoms with Crippen molar-refractivity contribution >= 4 is 17.8 Å². The molecular weight excluding hydrogens is 342 g/mol. The van der Waals surface area contributed by atoms with Gasteiger partial charge in [0.1, 0.15) is 11.5 Å². The molecule has 0 spiro atoms. The summed E-state index contributed by atoms with van der Waals surface area (Å²) in [6, 6.07) is 17.4. The number of carbonyl (C=O) groups is 2. The van der Waals surface area contributed by atoms with E-state index in [9.17, 15) is 14.5 Å². The Morgan fingerprint density at radius 3 is 2.52 bits per heavy atom. The number of benzene rings is 2. The van der Waals surface area contributed by atoms with E-state index < -0.39 is 5.91 Å². The normalized spacial score (nSPS) is 11.3. The van der Waals surface area contributed by atoms with Crippen molar-refractivity contribution in [3.8, 4) is 11.3 Å². The van der Waals surface area contributed by atoms with E-state index in [-0.39, 0.29) is 11.3 Å². The highest BCUT2D eigenvalue weighted by Crippen LogP contribution is 2.25. The zero-order valence-electron chi connectivity index (χ0n) is 14.9. The summed E-state index contributed by atoms with van der Waals surface area (Å²) in [7, 11) is 0. The van der Waals surface area contributed by atoms with Crippen LogP contribution in [0.15, 0.2) is 75.8 Å². The maximum Gasteiger partial charge on any atom is 0.316 e. The molecule has 0 saturated heterocycles. The molecule has 27 heavy (non-hydrogen) atoms. The zero-order valence-corrected chi connectivity index (χ0v) is 14.9. The fraction of sp³-hybridized carbons (Fsp3) is 0.0909. The Labute approximate surface area is 156 Å². The summed E-state index contributed by atoms with van der Waals surface area (Å²) in [4.78, 5) is 34.5. The van der Waals surface area contributed by atoms with Crippen molar-refractivity contribution in [2.75, 3.05) is 0 Å². The van der Waals surface area contributed by atoms with Crippen LogP contribution in [0.5, 0.6) is 0 Å². The van der Waals surface area contributed by atoms with Crippen molar-refractivity contribution in [3.63, 3.8) is 0 Å². The molecule has 5 heteroatoms. The highest BCUT2D eigenvalue weighted by molar-refractivity contribution is 6.11. The van der Waals surface area contributed by atoms with Crippen molar-refractivity contribution in [2.24, 2.45) is 5.18 Å². The largest absolute Gasteiger partial charge is 0.457 e. The topological polar surface area (TPSA) is 76.7 Å². The molecule has 2 aromatic carbocycles. The summed E-state index contributed by atoms with van der Waals surface area (Å²) in [6.07, 6.45) is 1.68. The van der Waals surface area contributed by atoms with Gasteiger partial charge in [-0.25, -0.2) is 0 Å². The number of nitroso groups, excluding NO2 is 1. The van der Waals surface area contributed by atoms with Crippen LogP contribution in [0.4, 0.5) is 0 Å². The van der Waals surface area contributed by atoms with Crippen LogP contribution in [-0.4, -0.2) is 11.7 Å². The smallest absolute Gasteiger partial charge is 0.316 e. The number of furan rings is 1. The van der Waals surface area contributed by atoms with Crippen LogP contribution in [0.1, 0.15) is 39.0 Å². The maximum absolute atomic E-state index is 12.6. The molecule has 0 aliphatic carbocycles. The molecule has 3 aromatic rings. The van der Waals surface area contributed by atoms with Gasteiger partial charge in [0.2, 0.25) is 0 Å². The van der Waals surface area contributed by atoms with E-state index >= 15 is 0 Å². The van der Waals surface area contributed by atoms with Gasteiger partial charge in [-0.2, -0.15) is 0 Å². The third-order valence-corrected chi connectivity index (χ3v) is 4.21. The SMILES string of the molecule is C/C(=C\c1ccc(-c2cccc(C(=O)N=O)c2)o1)C(=O)c1ccccc1C. The molecule has 5 nitrogen and oxygen atoms in total. The minimum absolute atomic E-state index is 0.0595. The van der Waals surface area contributed by atoms with Gasteiger partial charge in [-0.3, -0.25) is 9.59 Å². The molecule has 0 radical (unpaired) electrons. The number of hydrogen-bond acceptors (Lipinski definition) is 4. The zero-order chi connectivity index (χ0) is 19.4. The number of Topliss-reactive ketones (excluding diaryl/α,β-unsaturated/α-hetero) is 1. The number of carbonyl (C=O) groups excluding carboxylic acids is 2. The van der Waals surface area contributed by atoms with Gasteiger partial charge in [-0.1, -0.05) is 36.4 Å². The molecule has 1 aromatic heterocycles. The van der Waals surface area contributed by atoms with Crippen LogP contribution in [0, 0.1) is 11.8 Å². The predicted octanol–water partition coefficient (Wildman–Crippen LogP) is 5.45. The van der Waals surface area contributed by atoms with Gasteiger partial charge in [-0.05, 0) is 49.8 Å². The minimum atomic E-state index is -0.830. The molecule has 0 aliphatic heterocycles. The second-order valence-corrected chi connectivity index (χ2v) is 6.15. The van der Waals surface area contributed by atoms with E-state index in [0.29, 0.717) is 28.2 Å². The van der Waals surface area contributed by atoms with Crippen LogP contribution in [0.25, 0.3) is 17.4 Å². The number of amides is 1. The predicted molar refractivity (Wildman–Crippen MR) is 103 cm³/mol. The van der Waals surface area contributed by atoms with Crippen LogP contribution >= 0.6 is 0 Å². The molecule has 0 saturated carbocycles. The molecule has 134 valence electrons. The number of allylic oxidation sites excluding steroid dienone is 1. The number of rotatable bonds is 5. The van der Waals surface area contributed by atoms with Crippen molar-refractivity contribution in [1.82, 2.24) is 0 Å². The van der Waals surface area contributed by atoms with Crippen LogP contribution < -0.4 is 0 Å². The summed E-state index contributed by atoms with van der Waals surface area (Å²) in [5.41, 5.74) is 2.97. The van der Waals surface area contributed by atoms with Gasteiger partial charge in [0.05, 0.1) is 0 Å². The monoisotopic (exact) mass is 359 g/mol. The van der Waals surface area contributed by atoms with Gasteiger partial charge >= 0.3 is 5.91 Å². The summed E-state index contributed by atoms with van der Waals surface area (Å²) in [5.74, 6) is 0.159. The molecular formula is C22H17NO4. The van der Waals surface area contributed by atoms with Crippen molar-refractivity contribution < 1.29 is 14.0 Å². The first-order valence-corrected chi connectivity index (χ1v) is 8.36. The van der Waals surface area contributed by atoms with E-state index in [0.717, 1.165) is 5.56 Å². The molecule has 1 amide bonds. The summed E-state index contributed by atoms with van der Waals surface area (Å²) in [6.45, 7) is 3.64. The van der Waals surface area contributed by atoms with Gasteiger partial charge in [0.25, 0.3) is 0 Å². The Kier molecular flexibility index (Phi) is 5.22. The second kappa shape index (κ2) is 7.74. The lowest BCUT2D eigenvalue weighted by atomic mass is 9.99. The Morgan fingerprint density at radius 1 is 1.00 bits per heavy atom. The van der Waals surface area contributed by atoms with E-state index in [1.807, 2.05) is 25.1 Å². The molecule has 0 atom stereocenters. The van der Waals surface area contributed by atoms with Gasteiger partial charge in [-0.15, -0.1) is 4.91 Å². The number of nitrogens with zero attached hydrogens (tertiary/aromatic N) is 1. The lowest BCUT2D eigenvalue weighted by Crippen LogP contribution is -2.02. The first-order chi connectivity index (χ1) is 13.0. The number of aryl methyl sites for hydroxylation is 1. The molecule has 0 fully saturated rings. The van der Waals surface area contributed by atoms with Gasteiger partial charge < -0.3 is 4.42 Å². The van der Waals surface area contributed by atoms with Crippen molar-refractivity contribution in [3.05, 3.63) is 93.6 Å². The van der Waals surface area contributed by atoms with E-state index in [1.54, 1.807) is 49.4 Å². The molecule has 1 heterocycles. The Hall–Kier alpha value is -3.60. The average Bonchev–Trinajstić information content (AvgIpc) is 3.15. The third-order valence-electron chi connectivity index (χ3n) is 4.21. The first-order valence-electron chi connectivity index (χ1n) is 8.36. The van der Waals surface area contributed by atoms with Gasteiger partial charge in [0.15, 0.2) is 5.78 Å². The average molecular weight is 359 g/mol. The molecule has 0 bridgehead atoms. The second-order valence-electron chi connectivity index (χ2n) is 6.15. The Morgan fingerprint density at radius 2 is 1.78 bits per heavy atom. The molecule has 0 aliphatic rings. The third kappa shape index (κ3) is 3.98. The minimum Gasteiger partial charge on any atom is -0.457 e. The summed E-state index contributed by atoms with van der Waals surface area (Å²) in [5, 5.41) is 2.43. The van der Waals surface area contributed by atoms with Crippen LogP contribution in [0.2, 0.25) is 0 Å². The fourth-order valence-corrected chi connectivity index (χ4v) is 2.76. The van der Waals surface area contributed by atoms with Gasteiger partial charge in [0, 0.05) is 27.4 Å². The molecule has 0 unspecified atom stereocenters. The Bertz CT molecular complexity index is 1060. The lowest BCUT2D eigenvalue weighted by molar-refractivity contribution is 0.0999. The fourth-order valence-electron chi connectivity index (χ4n) is 2.76. The van der Waals surface area contributed by atoms with Crippen molar-refractivity contribution in [1.29, 1.82) is 0 Å². The van der Waals surface area contributed by atoms with E-state index in [2.05, 4.69) is 5.18 Å². The van der Waals surface area contributed by atoms with E-state index in [4.69, 9.17) is 4.42 Å². The number of hydrogen-bond donors (Lipinski definition) is 0. The molecule has 3 rings (SSSR count). The van der Waals surface area contributed by atoms with Crippen LogP contribution in [0.3, 0.4) is 0 Å². The quantitative estimate of drug-likeness (QED) is 0.345. The lowest BCUT2D eigenvalue weighted by Gasteiger charge is -2.04. The molecule has 0 N–H and O–H groups in total. The number of ketones is 1. The Balaban J connectivity index is 1.87. The maximum atomic E-state index is 12.6.